The van der Waals surface area contributed by atoms with E-state index in [1.54, 1.807) is 12.3 Å². The fourth-order valence-corrected chi connectivity index (χ4v) is 2.34. The number of hydrogen-bond donors (Lipinski definition) is 3. The largest absolute Gasteiger partial charge is 0.355 e. The maximum absolute atomic E-state index is 11.6. The fourth-order valence-electron chi connectivity index (χ4n) is 1.22. The number of halogens is 1. The van der Waals surface area contributed by atoms with Gasteiger partial charge in [-0.25, -0.2) is 9.97 Å². The molecule has 1 amide bonds. The number of nitrogens with one attached hydrogen (secondary N) is 3. The lowest BCUT2D eigenvalue weighted by molar-refractivity contribution is 0.0963. The van der Waals surface area contributed by atoms with E-state index in [1.165, 1.54) is 7.05 Å². The summed E-state index contributed by atoms with van der Waals surface area (Å²) in [4.78, 5) is 31.2. The van der Waals surface area contributed by atoms with Gasteiger partial charge in [-0.1, -0.05) is 0 Å². The third-order valence-corrected chi connectivity index (χ3v) is 3.40. The van der Waals surface area contributed by atoms with Crippen LogP contribution in [0.4, 0.5) is 10.9 Å². The topological polar surface area (TPSA) is 99.8 Å². The summed E-state index contributed by atoms with van der Waals surface area (Å²) in [7, 11) is 1.46. The van der Waals surface area contributed by atoms with Crippen molar-refractivity contribution in [3.05, 3.63) is 31.9 Å². The zero-order chi connectivity index (χ0) is 13.1. The molecule has 0 aliphatic carbocycles. The van der Waals surface area contributed by atoms with E-state index in [4.69, 9.17) is 0 Å². The molecule has 7 nitrogen and oxygen atoms in total. The fraction of sp³-hybridized carbons (Fsp3) is 0.111. The van der Waals surface area contributed by atoms with Crippen molar-refractivity contribution in [3.8, 4) is 0 Å². The average Bonchev–Trinajstić information content (AvgIpc) is 2.70. The Morgan fingerprint density at radius 3 is 3.00 bits per heavy atom. The number of aromatic amines is 1. The van der Waals surface area contributed by atoms with Crippen LogP contribution in [0.5, 0.6) is 0 Å². The molecule has 0 bridgehead atoms. The monoisotopic (exact) mass is 377 g/mol. The van der Waals surface area contributed by atoms with Gasteiger partial charge in [-0.3, -0.25) is 14.0 Å². The Morgan fingerprint density at radius 2 is 2.33 bits per heavy atom. The van der Waals surface area contributed by atoms with Crippen molar-refractivity contribution in [1.29, 1.82) is 0 Å². The van der Waals surface area contributed by atoms with E-state index in [1.807, 2.05) is 22.6 Å². The molecule has 2 heterocycles. The highest BCUT2D eigenvalue weighted by Crippen LogP contribution is 2.20. The Balaban J connectivity index is 2.35. The number of rotatable bonds is 3. The first-order chi connectivity index (χ1) is 8.61. The average molecular weight is 377 g/mol. The first-order valence-corrected chi connectivity index (χ1v) is 6.70. The standard InChI is InChI=1S/C9H8IN5O2S/c1-11-6(16)5-7(17)15-18-8(5)14-9-12-3-2-4(10)13-9/h2-3H,1H3,(H,11,16)(H,15,17)(H,12,13,14). The lowest BCUT2D eigenvalue weighted by Crippen LogP contribution is -2.24. The van der Waals surface area contributed by atoms with Gasteiger partial charge in [-0.15, -0.1) is 0 Å². The van der Waals surface area contributed by atoms with Crippen LogP contribution in [0.2, 0.25) is 0 Å². The van der Waals surface area contributed by atoms with Crippen LogP contribution in [0.3, 0.4) is 0 Å². The molecule has 0 saturated carbocycles. The van der Waals surface area contributed by atoms with E-state index >= 15 is 0 Å². The molecular weight excluding hydrogens is 369 g/mol. The molecule has 0 aliphatic rings. The summed E-state index contributed by atoms with van der Waals surface area (Å²) in [5, 5.41) is 5.65. The molecular formula is C9H8IN5O2S. The van der Waals surface area contributed by atoms with Gasteiger partial charge >= 0.3 is 0 Å². The number of hydrogen-bond acceptors (Lipinski definition) is 6. The molecule has 0 aromatic carbocycles. The van der Waals surface area contributed by atoms with E-state index in [9.17, 15) is 9.59 Å². The van der Waals surface area contributed by atoms with Crippen LogP contribution in [0.25, 0.3) is 0 Å². The van der Waals surface area contributed by atoms with E-state index in [0.717, 1.165) is 15.2 Å². The molecule has 0 radical (unpaired) electrons. The number of anilines is 2. The van der Waals surface area contributed by atoms with Gasteiger partial charge in [0.2, 0.25) is 5.95 Å². The number of carbonyl (C=O) groups excluding carboxylic acids is 1. The molecule has 0 unspecified atom stereocenters. The summed E-state index contributed by atoms with van der Waals surface area (Å²) in [5.41, 5.74) is -0.405. The van der Waals surface area contributed by atoms with E-state index in [0.29, 0.717) is 10.9 Å². The van der Waals surface area contributed by atoms with Gasteiger partial charge in [0, 0.05) is 13.2 Å². The highest BCUT2D eigenvalue weighted by molar-refractivity contribution is 14.1. The van der Waals surface area contributed by atoms with Crippen molar-refractivity contribution >= 4 is 51.0 Å². The van der Waals surface area contributed by atoms with Crippen molar-refractivity contribution in [3.63, 3.8) is 0 Å². The summed E-state index contributed by atoms with van der Waals surface area (Å²) in [6.07, 6.45) is 1.59. The van der Waals surface area contributed by atoms with Crippen LogP contribution in [-0.4, -0.2) is 27.3 Å². The molecule has 0 spiro atoms. The number of nitrogens with zero attached hydrogens (tertiary/aromatic N) is 2. The van der Waals surface area contributed by atoms with Gasteiger partial charge in [0.05, 0.1) is 0 Å². The van der Waals surface area contributed by atoms with Crippen molar-refractivity contribution < 1.29 is 4.79 Å². The Hall–Kier alpha value is -1.49. The molecule has 0 aliphatic heterocycles. The highest BCUT2D eigenvalue weighted by Gasteiger charge is 2.18. The predicted octanol–water partition coefficient (Wildman–Crippen LogP) is 0.934. The second-order valence-electron chi connectivity index (χ2n) is 3.14. The van der Waals surface area contributed by atoms with E-state index < -0.39 is 11.5 Å². The smallest absolute Gasteiger partial charge is 0.273 e. The zero-order valence-electron chi connectivity index (χ0n) is 9.15. The van der Waals surface area contributed by atoms with Gasteiger partial charge in [-0.05, 0) is 40.2 Å². The minimum Gasteiger partial charge on any atom is -0.355 e. The summed E-state index contributed by atoms with van der Waals surface area (Å²) in [6.45, 7) is 0. The maximum atomic E-state index is 11.6. The van der Waals surface area contributed by atoms with Gasteiger partial charge in [0.1, 0.15) is 14.3 Å². The summed E-state index contributed by atoms with van der Waals surface area (Å²) < 4.78 is 3.25. The molecule has 0 saturated heterocycles. The predicted molar refractivity (Wildman–Crippen MR) is 76.4 cm³/mol. The van der Waals surface area contributed by atoms with Crippen molar-refractivity contribution in [1.82, 2.24) is 19.7 Å². The van der Waals surface area contributed by atoms with Crippen molar-refractivity contribution in [2.45, 2.75) is 0 Å². The normalized spacial score (nSPS) is 10.1. The first-order valence-electron chi connectivity index (χ1n) is 4.81. The van der Waals surface area contributed by atoms with Crippen LogP contribution < -0.4 is 16.2 Å². The second kappa shape index (κ2) is 5.44. The number of aromatic nitrogens is 3. The minimum absolute atomic E-state index is 0.0324. The quantitative estimate of drug-likeness (QED) is 0.546. The van der Waals surface area contributed by atoms with E-state index in [2.05, 4.69) is 25.0 Å². The van der Waals surface area contributed by atoms with Crippen molar-refractivity contribution in [2.75, 3.05) is 12.4 Å². The van der Waals surface area contributed by atoms with Crippen LogP contribution in [0, 0.1) is 3.70 Å². The third kappa shape index (κ3) is 2.67. The molecule has 2 rings (SSSR count). The van der Waals surface area contributed by atoms with Gasteiger partial charge < -0.3 is 10.6 Å². The molecule has 0 fully saturated rings. The lowest BCUT2D eigenvalue weighted by atomic mass is 10.3. The number of carbonyl (C=O) groups is 1. The molecule has 0 atom stereocenters. The second-order valence-corrected chi connectivity index (χ2v) is 5.07. The van der Waals surface area contributed by atoms with Crippen LogP contribution >= 0.6 is 34.1 Å². The molecule has 2 aromatic heterocycles. The lowest BCUT2D eigenvalue weighted by Gasteiger charge is -2.03. The molecule has 18 heavy (non-hydrogen) atoms. The van der Waals surface area contributed by atoms with Crippen LogP contribution in [-0.2, 0) is 0 Å². The first kappa shape index (κ1) is 13.0. The van der Waals surface area contributed by atoms with Gasteiger partial charge in [-0.2, -0.15) is 0 Å². The minimum atomic E-state index is -0.453. The van der Waals surface area contributed by atoms with E-state index in [-0.39, 0.29) is 5.56 Å². The zero-order valence-corrected chi connectivity index (χ0v) is 12.1. The highest BCUT2D eigenvalue weighted by atomic mass is 127. The Labute approximate surface area is 119 Å². The SMILES string of the molecule is CNC(=O)c1c(Nc2nccc(I)n2)s[nH]c1=O. The van der Waals surface area contributed by atoms with Crippen molar-refractivity contribution in [2.24, 2.45) is 0 Å². The number of H-pyrrole nitrogens is 1. The number of amides is 1. The summed E-state index contributed by atoms with van der Waals surface area (Å²) in [6, 6.07) is 1.74. The third-order valence-electron chi connectivity index (χ3n) is 2.00. The van der Waals surface area contributed by atoms with Gasteiger partial charge in [0.15, 0.2) is 0 Å². The maximum Gasteiger partial charge on any atom is 0.273 e. The molecule has 3 N–H and O–H groups in total. The molecule has 94 valence electrons. The van der Waals surface area contributed by atoms with Gasteiger partial charge in [0.25, 0.3) is 11.5 Å². The summed E-state index contributed by atoms with van der Waals surface area (Å²) in [5.74, 6) is -0.118. The van der Waals surface area contributed by atoms with Crippen LogP contribution in [0.15, 0.2) is 17.1 Å². The molecule has 9 heteroatoms. The molecule has 2 aromatic rings. The Kier molecular flexibility index (Phi) is 3.91. The summed E-state index contributed by atoms with van der Waals surface area (Å²) >= 11 is 3.07. The Bertz CT molecular complexity index is 638. The Morgan fingerprint density at radius 1 is 1.56 bits per heavy atom. The van der Waals surface area contributed by atoms with Crippen LogP contribution in [0.1, 0.15) is 10.4 Å².